The van der Waals surface area contributed by atoms with Gasteiger partial charge in [-0.2, -0.15) is 0 Å². The highest BCUT2D eigenvalue weighted by Crippen LogP contribution is 2.44. The Bertz CT molecular complexity index is 1510. The molecule has 0 aromatic rings. The Morgan fingerprint density at radius 1 is 0.652 bits per heavy atom. The van der Waals surface area contributed by atoms with Crippen molar-refractivity contribution in [1.82, 2.24) is 9.80 Å². The number of likely N-dealkylation sites (tertiary alicyclic amines) is 2. The fraction of sp³-hybridized carbons (Fsp3) is 0.471. The molecule has 4 atom stereocenters. The van der Waals surface area contributed by atoms with E-state index in [0.29, 0.717) is 22.8 Å². The molecule has 4 bridgehead atoms. The summed E-state index contributed by atoms with van der Waals surface area (Å²) in [6.45, 7) is 11.1. The SMILES string of the molecule is CC(C)(C)O[C@@H]1C[C@@H](C(=O)[N+]2(C#C[N+]3(C(=O)[C@@H]4C[C@@H](OC(C)(C)C)CN4C(=O)[O-])C4=CC=C3C=C4)C3=CC=C2C=C3)N(C(=O)[O-])C1. The molecule has 6 aliphatic rings. The summed E-state index contributed by atoms with van der Waals surface area (Å²) in [5, 5.41) is 24.5. The molecule has 0 unspecified atom stereocenters. The van der Waals surface area contributed by atoms with Crippen molar-refractivity contribution in [2.45, 2.75) is 89.9 Å². The van der Waals surface area contributed by atoms with E-state index in [4.69, 9.17) is 9.47 Å². The number of nitrogens with zero attached hydrogens (tertiary/aromatic N) is 4. The van der Waals surface area contributed by atoms with Crippen LogP contribution in [0.15, 0.2) is 71.4 Å². The number of carbonyl (C=O) groups excluding carboxylic acids is 4. The van der Waals surface area contributed by atoms with E-state index in [-0.39, 0.29) is 25.9 Å². The van der Waals surface area contributed by atoms with Gasteiger partial charge in [0.15, 0.2) is 34.9 Å². The number of hydrogen-bond acceptors (Lipinski definition) is 8. The second-order valence-corrected chi connectivity index (χ2v) is 14.3. The van der Waals surface area contributed by atoms with E-state index >= 15 is 0 Å². The van der Waals surface area contributed by atoms with Crippen LogP contribution >= 0.6 is 0 Å². The lowest BCUT2D eigenvalue weighted by Gasteiger charge is -2.32. The fourth-order valence-electron chi connectivity index (χ4n) is 7.21. The van der Waals surface area contributed by atoms with Crippen LogP contribution in [0.25, 0.3) is 0 Å². The molecule has 6 rings (SSSR count). The van der Waals surface area contributed by atoms with Crippen LogP contribution in [0.3, 0.4) is 0 Å². The number of carbonyl (C=O) groups is 4. The Morgan fingerprint density at radius 3 is 1.20 bits per heavy atom. The first kappa shape index (κ1) is 31.7. The van der Waals surface area contributed by atoms with Gasteiger partial charge in [-0.05, 0) is 41.5 Å². The third kappa shape index (κ3) is 5.04. The zero-order valence-electron chi connectivity index (χ0n) is 26.8. The number of quaternary nitrogens is 2. The van der Waals surface area contributed by atoms with Gasteiger partial charge in [-0.1, -0.05) is 0 Å². The minimum atomic E-state index is -1.49. The van der Waals surface area contributed by atoms with Gasteiger partial charge in [-0.25, -0.2) is 9.59 Å². The Labute approximate surface area is 268 Å². The van der Waals surface area contributed by atoms with Crippen molar-refractivity contribution in [3.05, 3.63) is 71.4 Å². The summed E-state index contributed by atoms with van der Waals surface area (Å²) in [6.07, 6.45) is 10.1. The smallest absolute Gasteiger partial charge is 0.359 e. The molecule has 2 saturated heterocycles. The highest BCUT2D eigenvalue weighted by Gasteiger charge is 2.59. The van der Waals surface area contributed by atoms with Crippen LogP contribution in [0.1, 0.15) is 54.4 Å². The maximum atomic E-state index is 14.6. The predicted molar refractivity (Wildman–Crippen MR) is 159 cm³/mol. The average Bonchev–Trinajstić information content (AvgIpc) is 3.80. The van der Waals surface area contributed by atoms with Crippen LogP contribution in [-0.4, -0.2) is 91.3 Å². The summed E-state index contributed by atoms with van der Waals surface area (Å²) >= 11 is 0. The molecule has 0 N–H and O–H groups in total. The molecule has 12 heteroatoms. The average molecular weight is 631 g/mol. The summed E-state index contributed by atoms with van der Waals surface area (Å²) in [4.78, 5) is 55.7. The number of amides is 4. The summed E-state index contributed by atoms with van der Waals surface area (Å²) < 4.78 is 10.9. The Morgan fingerprint density at radius 2 is 0.957 bits per heavy atom. The normalized spacial score (nSPS) is 28.1. The Balaban J connectivity index is 1.40. The number of carboxylic acid groups (broad SMARTS) is 2. The second-order valence-electron chi connectivity index (χ2n) is 14.3. The summed E-state index contributed by atoms with van der Waals surface area (Å²) in [7, 11) is 0. The number of ether oxygens (including phenoxy) is 2. The molecule has 0 aromatic carbocycles. The Kier molecular flexibility index (Phi) is 7.33. The van der Waals surface area contributed by atoms with Crippen LogP contribution in [-0.2, 0) is 19.1 Å². The standard InChI is InChI=1S/C34H38N4O8/c1-33(2,3)45-25-17-27(35(19-25)31(41)42)29(39)37(21-7-8-22(37)10-9-21)15-16-38(23-11-12-24(38)14-13-23)30(40)28-18-26(46-34(4,5)6)20-36(28)32(43)44/h7-14,25-28H,17-20H2,1-6H3/t25-,26-,27+,28+/m1/s1. The zero-order chi connectivity index (χ0) is 33.4. The third-order valence-electron chi connectivity index (χ3n) is 8.90. The molecule has 0 radical (unpaired) electrons. The number of hydrogen-bond donors (Lipinski definition) is 0. The third-order valence-corrected chi connectivity index (χ3v) is 8.90. The van der Waals surface area contributed by atoms with Gasteiger partial charge >= 0.3 is 11.8 Å². The minimum Gasteiger partial charge on any atom is -0.530 e. The second kappa shape index (κ2) is 10.6. The van der Waals surface area contributed by atoms with Crippen molar-refractivity contribution < 1.29 is 47.8 Å². The van der Waals surface area contributed by atoms with E-state index in [2.05, 4.69) is 12.1 Å². The quantitative estimate of drug-likeness (QED) is 0.337. The van der Waals surface area contributed by atoms with Gasteiger partial charge in [0, 0.05) is 74.5 Å². The molecule has 6 heterocycles. The van der Waals surface area contributed by atoms with Crippen LogP contribution in [0, 0.1) is 12.1 Å². The topological polar surface area (TPSA) is 139 Å². The lowest BCUT2D eigenvalue weighted by atomic mass is 10.1. The predicted octanol–water partition coefficient (Wildman–Crippen LogP) is 1.50. The first-order valence-electron chi connectivity index (χ1n) is 15.4. The summed E-state index contributed by atoms with van der Waals surface area (Å²) in [6, 6.07) is 3.99. The van der Waals surface area contributed by atoms with Gasteiger partial charge in [0.05, 0.1) is 23.4 Å². The van der Waals surface area contributed by atoms with E-state index in [1.165, 1.54) is 0 Å². The molecule has 242 valence electrons. The summed E-state index contributed by atoms with van der Waals surface area (Å²) in [5.41, 5.74) is 0.903. The molecule has 6 aliphatic heterocycles. The van der Waals surface area contributed by atoms with Crippen LogP contribution in [0.2, 0.25) is 0 Å². The molecule has 2 fully saturated rings. The number of allylic oxidation sites excluding steroid dienone is 8. The van der Waals surface area contributed by atoms with Crippen molar-refractivity contribution in [3.8, 4) is 12.1 Å². The molecule has 46 heavy (non-hydrogen) atoms. The van der Waals surface area contributed by atoms with Crippen LogP contribution in [0.5, 0.6) is 0 Å². The summed E-state index contributed by atoms with van der Waals surface area (Å²) in [5.74, 6) is -1.03. The van der Waals surface area contributed by atoms with Crippen molar-refractivity contribution in [2.75, 3.05) is 13.1 Å². The van der Waals surface area contributed by atoms with E-state index in [1.807, 2.05) is 41.5 Å². The van der Waals surface area contributed by atoms with E-state index in [0.717, 1.165) is 9.80 Å². The fourth-order valence-corrected chi connectivity index (χ4v) is 7.21. The van der Waals surface area contributed by atoms with Crippen LogP contribution in [0.4, 0.5) is 9.59 Å². The largest absolute Gasteiger partial charge is 0.530 e. The van der Waals surface area contributed by atoms with Crippen LogP contribution < -0.4 is 10.2 Å². The van der Waals surface area contributed by atoms with Crippen molar-refractivity contribution in [3.63, 3.8) is 0 Å². The first-order chi connectivity index (χ1) is 21.5. The molecular weight excluding hydrogens is 592 g/mol. The van der Waals surface area contributed by atoms with E-state index in [9.17, 15) is 29.4 Å². The van der Waals surface area contributed by atoms with Gasteiger partial charge in [0.2, 0.25) is 12.1 Å². The lowest BCUT2D eigenvalue weighted by Crippen LogP contribution is -2.57. The maximum Gasteiger partial charge on any atom is 0.359 e. The molecular formula is C34H38N4O8. The van der Waals surface area contributed by atoms with E-state index in [1.54, 1.807) is 48.6 Å². The van der Waals surface area contributed by atoms with Crippen molar-refractivity contribution in [1.29, 1.82) is 0 Å². The highest BCUT2D eigenvalue weighted by molar-refractivity contribution is 5.86. The highest BCUT2D eigenvalue weighted by atomic mass is 16.5. The molecule has 0 saturated carbocycles. The lowest BCUT2D eigenvalue weighted by molar-refractivity contribution is -0.712. The number of fused-ring (bicyclic) bond motifs is 4. The van der Waals surface area contributed by atoms with Crippen molar-refractivity contribution >= 4 is 24.0 Å². The van der Waals surface area contributed by atoms with Gasteiger partial charge in [0.25, 0.3) is 0 Å². The first-order valence-corrected chi connectivity index (χ1v) is 15.4. The molecule has 0 aliphatic carbocycles. The van der Waals surface area contributed by atoms with Crippen molar-refractivity contribution in [2.24, 2.45) is 0 Å². The Hall–Kier alpha value is -4.28. The zero-order valence-corrected chi connectivity index (χ0v) is 26.8. The van der Waals surface area contributed by atoms with Gasteiger partial charge in [-0.15, -0.1) is 8.97 Å². The minimum absolute atomic E-state index is 0.0321. The van der Waals surface area contributed by atoms with Gasteiger partial charge in [-0.3, -0.25) is 0 Å². The van der Waals surface area contributed by atoms with Gasteiger partial charge < -0.3 is 39.1 Å². The molecule has 4 amide bonds. The monoisotopic (exact) mass is 630 g/mol. The molecule has 0 aromatic heterocycles. The van der Waals surface area contributed by atoms with Gasteiger partial charge in [0.1, 0.15) is 12.2 Å². The van der Waals surface area contributed by atoms with E-state index < -0.39 is 68.5 Å². The molecule has 0 spiro atoms. The maximum absolute atomic E-state index is 14.6. The number of rotatable bonds is 4. The molecule has 12 nitrogen and oxygen atoms in total.